The largest absolute Gasteiger partial charge is 0.478 e. The molecule has 0 saturated heterocycles. The van der Waals surface area contributed by atoms with E-state index in [1.165, 1.54) is 13.0 Å². The summed E-state index contributed by atoms with van der Waals surface area (Å²) in [5.74, 6) is -1.71. The number of hydrogen-bond donors (Lipinski definition) is 3. The third kappa shape index (κ3) is 4.48. The molecule has 0 fully saturated rings. The van der Waals surface area contributed by atoms with E-state index in [1.807, 2.05) is 0 Å². The van der Waals surface area contributed by atoms with E-state index >= 15 is 0 Å². The summed E-state index contributed by atoms with van der Waals surface area (Å²) in [4.78, 5) is 34.4. The first-order valence-electron chi connectivity index (χ1n) is 6.43. The van der Waals surface area contributed by atoms with Gasteiger partial charge in [0.2, 0.25) is 0 Å². The maximum absolute atomic E-state index is 11.8. The molecular formula is C14H18N2O5. The Bertz CT molecular complexity index is 556. The predicted octanol–water partition coefficient (Wildman–Crippen LogP) is 1.77. The molecule has 0 aliphatic heterocycles. The number of hydrogen-bond acceptors (Lipinski definition) is 4. The Hall–Kier alpha value is -2.57. The van der Waals surface area contributed by atoms with Crippen LogP contribution in [-0.4, -0.2) is 35.7 Å². The highest BCUT2D eigenvalue weighted by atomic mass is 16.5. The highest BCUT2D eigenvalue weighted by Gasteiger charge is 2.19. The summed E-state index contributed by atoms with van der Waals surface area (Å²) in [5, 5.41) is 13.9. The van der Waals surface area contributed by atoms with Gasteiger partial charge < -0.3 is 20.5 Å². The number of carboxylic acid groups (broad SMARTS) is 1. The van der Waals surface area contributed by atoms with Crippen LogP contribution in [0.3, 0.4) is 0 Å². The second-order valence-corrected chi connectivity index (χ2v) is 4.37. The molecule has 0 aliphatic carbocycles. The summed E-state index contributed by atoms with van der Waals surface area (Å²) in [5.41, 5.74) is 0.779. The lowest BCUT2D eigenvalue weighted by Gasteiger charge is -2.15. The van der Waals surface area contributed by atoms with Crippen LogP contribution in [0.1, 0.15) is 29.8 Å². The molecule has 7 heteroatoms. The third-order valence-electron chi connectivity index (χ3n) is 2.73. The van der Waals surface area contributed by atoms with Crippen LogP contribution in [0.2, 0.25) is 0 Å². The summed E-state index contributed by atoms with van der Waals surface area (Å²) in [6.07, 6.45) is 0. The van der Waals surface area contributed by atoms with Gasteiger partial charge in [-0.15, -0.1) is 0 Å². The Morgan fingerprint density at radius 1 is 1.33 bits per heavy atom. The number of para-hydroxylation sites is 1. The molecule has 3 N–H and O–H groups in total. The molecule has 21 heavy (non-hydrogen) atoms. The number of esters is 1. The van der Waals surface area contributed by atoms with E-state index in [-0.39, 0.29) is 17.9 Å². The second-order valence-electron chi connectivity index (χ2n) is 4.37. The molecule has 1 unspecified atom stereocenters. The van der Waals surface area contributed by atoms with Gasteiger partial charge in [0.05, 0.1) is 17.9 Å². The van der Waals surface area contributed by atoms with Crippen molar-refractivity contribution in [2.45, 2.75) is 26.8 Å². The Morgan fingerprint density at radius 2 is 2.00 bits per heavy atom. The fourth-order valence-corrected chi connectivity index (χ4v) is 1.68. The van der Waals surface area contributed by atoms with Crippen LogP contribution in [0, 0.1) is 6.92 Å². The zero-order valence-corrected chi connectivity index (χ0v) is 12.1. The minimum atomic E-state index is -1.15. The van der Waals surface area contributed by atoms with Gasteiger partial charge in [-0.05, 0) is 32.4 Å². The standard InChI is InChI=1S/C14H18N2O5/c1-4-21-13(19)9(3)15-14(20)16-11-8(2)6-5-7-10(11)12(17)18/h5-7,9H,4H2,1-3H3,(H,17,18)(H2,15,16,20). The number of aryl methyl sites for hydroxylation is 1. The zero-order valence-electron chi connectivity index (χ0n) is 12.1. The monoisotopic (exact) mass is 294 g/mol. The predicted molar refractivity (Wildman–Crippen MR) is 76.4 cm³/mol. The first-order chi connectivity index (χ1) is 9.86. The first-order valence-corrected chi connectivity index (χ1v) is 6.43. The lowest BCUT2D eigenvalue weighted by Crippen LogP contribution is -2.42. The molecule has 0 aromatic heterocycles. The molecule has 0 bridgehead atoms. The smallest absolute Gasteiger partial charge is 0.337 e. The zero-order chi connectivity index (χ0) is 16.0. The minimum Gasteiger partial charge on any atom is -0.478 e. The first kappa shape index (κ1) is 16.5. The van der Waals surface area contributed by atoms with Crippen molar-refractivity contribution >= 4 is 23.7 Å². The average Bonchev–Trinajstić information content (AvgIpc) is 2.40. The quantitative estimate of drug-likeness (QED) is 0.718. The van der Waals surface area contributed by atoms with Crippen molar-refractivity contribution in [2.24, 2.45) is 0 Å². The molecule has 0 spiro atoms. The topological polar surface area (TPSA) is 105 Å². The summed E-state index contributed by atoms with van der Waals surface area (Å²) < 4.78 is 4.76. The fraction of sp³-hybridized carbons (Fsp3) is 0.357. The molecule has 0 heterocycles. The number of nitrogens with one attached hydrogen (secondary N) is 2. The number of anilines is 1. The third-order valence-corrected chi connectivity index (χ3v) is 2.73. The van der Waals surface area contributed by atoms with Gasteiger partial charge in [0.25, 0.3) is 0 Å². The average molecular weight is 294 g/mol. The molecule has 114 valence electrons. The molecular weight excluding hydrogens is 276 g/mol. The Morgan fingerprint density at radius 3 is 2.57 bits per heavy atom. The van der Waals surface area contributed by atoms with E-state index < -0.39 is 24.0 Å². The SMILES string of the molecule is CCOC(=O)C(C)NC(=O)Nc1c(C)cccc1C(=O)O. The number of aromatic carboxylic acids is 1. The van der Waals surface area contributed by atoms with Crippen LogP contribution < -0.4 is 10.6 Å². The van der Waals surface area contributed by atoms with Crippen molar-refractivity contribution in [1.29, 1.82) is 0 Å². The number of carboxylic acids is 1. The molecule has 0 aliphatic rings. The van der Waals surface area contributed by atoms with Gasteiger partial charge in [-0.3, -0.25) is 0 Å². The maximum atomic E-state index is 11.8. The van der Waals surface area contributed by atoms with Crippen LogP contribution in [0.25, 0.3) is 0 Å². The lowest BCUT2D eigenvalue weighted by molar-refractivity contribution is -0.144. The van der Waals surface area contributed by atoms with E-state index in [0.29, 0.717) is 5.56 Å². The van der Waals surface area contributed by atoms with Crippen LogP contribution >= 0.6 is 0 Å². The van der Waals surface area contributed by atoms with E-state index in [2.05, 4.69) is 10.6 Å². The summed E-state index contributed by atoms with van der Waals surface area (Å²) >= 11 is 0. The van der Waals surface area contributed by atoms with Crippen LogP contribution in [-0.2, 0) is 9.53 Å². The molecule has 1 aromatic carbocycles. The number of urea groups is 1. The second kappa shape index (κ2) is 7.28. The highest BCUT2D eigenvalue weighted by Crippen LogP contribution is 2.20. The van der Waals surface area contributed by atoms with Crippen molar-refractivity contribution in [3.63, 3.8) is 0 Å². The van der Waals surface area contributed by atoms with Gasteiger partial charge >= 0.3 is 18.0 Å². The molecule has 2 amide bonds. The number of carbonyl (C=O) groups is 3. The fourth-order valence-electron chi connectivity index (χ4n) is 1.68. The van der Waals surface area contributed by atoms with Gasteiger partial charge in [-0.2, -0.15) is 0 Å². The van der Waals surface area contributed by atoms with Gasteiger partial charge in [0.15, 0.2) is 0 Å². The Kier molecular flexibility index (Phi) is 5.71. The summed E-state index contributed by atoms with van der Waals surface area (Å²) in [6, 6.07) is 3.15. The molecule has 1 aromatic rings. The number of carbonyl (C=O) groups excluding carboxylic acids is 2. The lowest BCUT2D eigenvalue weighted by atomic mass is 10.1. The molecule has 7 nitrogen and oxygen atoms in total. The van der Waals surface area contributed by atoms with Crippen molar-refractivity contribution in [2.75, 3.05) is 11.9 Å². The van der Waals surface area contributed by atoms with E-state index in [4.69, 9.17) is 9.84 Å². The molecule has 0 saturated carbocycles. The number of rotatable bonds is 5. The van der Waals surface area contributed by atoms with Gasteiger partial charge in [-0.25, -0.2) is 14.4 Å². The number of benzene rings is 1. The van der Waals surface area contributed by atoms with Crippen molar-refractivity contribution in [3.8, 4) is 0 Å². The number of ether oxygens (including phenoxy) is 1. The molecule has 1 rings (SSSR count). The molecule has 1 atom stereocenters. The summed E-state index contributed by atoms with van der Waals surface area (Å²) in [7, 11) is 0. The van der Waals surface area contributed by atoms with Crippen LogP contribution in [0.4, 0.5) is 10.5 Å². The maximum Gasteiger partial charge on any atom is 0.337 e. The van der Waals surface area contributed by atoms with Crippen molar-refractivity contribution < 1.29 is 24.2 Å². The van der Waals surface area contributed by atoms with Gasteiger partial charge in [0.1, 0.15) is 6.04 Å². The van der Waals surface area contributed by atoms with Gasteiger partial charge in [0, 0.05) is 0 Å². The highest BCUT2D eigenvalue weighted by molar-refractivity contribution is 6.01. The van der Waals surface area contributed by atoms with E-state index in [9.17, 15) is 14.4 Å². The van der Waals surface area contributed by atoms with Crippen molar-refractivity contribution in [3.05, 3.63) is 29.3 Å². The Labute approximate surface area is 122 Å². The number of amides is 2. The van der Waals surface area contributed by atoms with E-state index in [0.717, 1.165) is 0 Å². The normalized spacial score (nSPS) is 11.4. The van der Waals surface area contributed by atoms with Crippen LogP contribution in [0.15, 0.2) is 18.2 Å². The molecule has 0 radical (unpaired) electrons. The Balaban J connectivity index is 2.80. The van der Waals surface area contributed by atoms with Crippen LogP contribution in [0.5, 0.6) is 0 Å². The summed E-state index contributed by atoms with van der Waals surface area (Å²) in [6.45, 7) is 5.04. The van der Waals surface area contributed by atoms with E-state index in [1.54, 1.807) is 26.0 Å². The van der Waals surface area contributed by atoms with Crippen molar-refractivity contribution in [1.82, 2.24) is 5.32 Å². The van der Waals surface area contributed by atoms with Gasteiger partial charge in [-0.1, -0.05) is 12.1 Å². The minimum absolute atomic E-state index is 0.0195.